The summed E-state index contributed by atoms with van der Waals surface area (Å²) in [4.78, 5) is 19.2. The van der Waals surface area contributed by atoms with Crippen molar-refractivity contribution in [2.75, 3.05) is 0 Å². The van der Waals surface area contributed by atoms with E-state index < -0.39 is 5.60 Å². The van der Waals surface area contributed by atoms with Crippen molar-refractivity contribution < 1.29 is 14.3 Å². The lowest BCUT2D eigenvalue weighted by Gasteiger charge is -2.39. The SMILES string of the molecule is Cc1c(-c2ccc(OC3C[C@H]4CC[C@@H](C3)N4C(=O)OC(C)(C)C)cc2)ccc2cccnc12. The van der Waals surface area contributed by atoms with E-state index in [0.29, 0.717) is 0 Å². The molecule has 1 aromatic heterocycles. The van der Waals surface area contributed by atoms with E-state index in [2.05, 4.69) is 54.4 Å². The van der Waals surface area contributed by atoms with Crippen LogP contribution in [0.25, 0.3) is 22.0 Å². The van der Waals surface area contributed by atoms with Gasteiger partial charge in [-0.15, -0.1) is 0 Å². The van der Waals surface area contributed by atoms with E-state index in [-0.39, 0.29) is 24.3 Å². The molecular formula is C28H32N2O3. The molecule has 2 fully saturated rings. The van der Waals surface area contributed by atoms with Crippen molar-refractivity contribution in [1.82, 2.24) is 9.88 Å². The number of nitrogens with zero attached hydrogens (tertiary/aromatic N) is 2. The minimum Gasteiger partial charge on any atom is -0.490 e. The summed E-state index contributed by atoms with van der Waals surface area (Å²) in [5.74, 6) is 0.880. The van der Waals surface area contributed by atoms with Crippen LogP contribution in [0, 0.1) is 6.92 Å². The summed E-state index contributed by atoms with van der Waals surface area (Å²) in [7, 11) is 0. The Balaban J connectivity index is 1.27. The van der Waals surface area contributed by atoms with Gasteiger partial charge in [0.1, 0.15) is 17.5 Å². The van der Waals surface area contributed by atoms with E-state index in [4.69, 9.17) is 9.47 Å². The summed E-state index contributed by atoms with van der Waals surface area (Å²) in [5.41, 5.74) is 4.12. The number of carbonyl (C=O) groups is 1. The van der Waals surface area contributed by atoms with E-state index in [1.54, 1.807) is 0 Å². The van der Waals surface area contributed by atoms with Crippen LogP contribution in [0.15, 0.2) is 54.7 Å². The van der Waals surface area contributed by atoms with E-state index in [1.807, 2.05) is 37.9 Å². The quantitative estimate of drug-likeness (QED) is 0.461. The number of piperidine rings is 1. The number of benzene rings is 2. The second-order valence-electron chi connectivity index (χ2n) is 10.3. The lowest BCUT2D eigenvalue weighted by atomic mass is 9.97. The summed E-state index contributed by atoms with van der Waals surface area (Å²) in [5, 5.41) is 1.16. The number of amides is 1. The van der Waals surface area contributed by atoms with Gasteiger partial charge in [0.2, 0.25) is 0 Å². The first kappa shape index (κ1) is 21.7. The molecule has 5 nitrogen and oxygen atoms in total. The fourth-order valence-electron chi connectivity index (χ4n) is 5.35. The first-order chi connectivity index (χ1) is 15.8. The molecule has 2 aliphatic rings. The number of aromatic nitrogens is 1. The lowest BCUT2D eigenvalue weighted by Crippen LogP contribution is -2.50. The molecule has 0 radical (unpaired) electrons. The highest BCUT2D eigenvalue weighted by Gasteiger charge is 2.45. The summed E-state index contributed by atoms with van der Waals surface area (Å²) in [6.45, 7) is 7.88. The molecule has 2 aromatic carbocycles. The lowest BCUT2D eigenvalue weighted by molar-refractivity contribution is -0.00707. The Kier molecular flexibility index (Phi) is 5.51. The van der Waals surface area contributed by atoms with Gasteiger partial charge in [-0.1, -0.05) is 30.3 Å². The van der Waals surface area contributed by atoms with E-state index in [9.17, 15) is 4.79 Å². The molecule has 2 saturated heterocycles. The van der Waals surface area contributed by atoms with Crippen molar-refractivity contribution in [3.05, 3.63) is 60.3 Å². The summed E-state index contributed by atoms with van der Waals surface area (Å²) < 4.78 is 12.0. The van der Waals surface area contributed by atoms with Gasteiger partial charge in [-0.05, 0) is 75.4 Å². The summed E-state index contributed by atoms with van der Waals surface area (Å²) >= 11 is 0. The van der Waals surface area contributed by atoms with Crippen LogP contribution in [-0.2, 0) is 4.74 Å². The predicted octanol–water partition coefficient (Wildman–Crippen LogP) is 6.52. The Morgan fingerprint density at radius 2 is 1.70 bits per heavy atom. The molecule has 3 atom stereocenters. The molecule has 3 aromatic rings. The molecular weight excluding hydrogens is 412 g/mol. The van der Waals surface area contributed by atoms with Gasteiger partial charge in [0.05, 0.1) is 5.52 Å². The molecule has 172 valence electrons. The van der Waals surface area contributed by atoms with Crippen LogP contribution in [-0.4, -0.2) is 39.8 Å². The van der Waals surface area contributed by atoms with E-state index in [0.717, 1.165) is 47.9 Å². The summed E-state index contributed by atoms with van der Waals surface area (Å²) in [6.07, 6.45) is 5.55. The minimum atomic E-state index is -0.467. The molecule has 33 heavy (non-hydrogen) atoms. The number of fused-ring (bicyclic) bond motifs is 3. The fraction of sp³-hybridized carbons (Fsp3) is 0.429. The normalized spacial score (nSPS) is 22.4. The van der Waals surface area contributed by atoms with Crippen molar-refractivity contribution in [1.29, 1.82) is 0 Å². The van der Waals surface area contributed by atoms with Gasteiger partial charge < -0.3 is 14.4 Å². The van der Waals surface area contributed by atoms with Gasteiger partial charge in [0, 0.05) is 36.5 Å². The van der Waals surface area contributed by atoms with Crippen LogP contribution in [0.2, 0.25) is 0 Å². The Labute approximate surface area is 195 Å². The maximum atomic E-state index is 12.7. The number of carbonyl (C=O) groups excluding carboxylic acids is 1. The van der Waals surface area contributed by atoms with Crippen molar-refractivity contribution in [3.63, 3.8) is 0 Å². The monoisotopic (exact) mass is 444 g/mol. The zero-order valence-corrected chi connectivity index (χ0v) is 19.9. The molecule has 3 heterocycles. The first-order valence-corrected chi connectivity index (χ1v) is 11.9. The molecule has 2 bridgehead atoms. The molecule has 0 aliphatic carbocycles. The number of pyridine rings is 1. The van der Waals surface area contributed by atoms with Crippen LogP contribution in [0.3, 0.4) is 0 Å². The Morgan fingerprint density at radius 1 is 1.00 bits per heavy atom. The van der Waals surface area contributed by atoms with Crippen LogP contribution < -0.4 is 4.74 Å². The highest BCUT2D eigenvalue weighted by Crippen LogP contribution is 2.38. The Hall–Kier alpha value is -3.08. The number of hydrogen-bond donors (Lipinski definition) is 0. The summed E-state index contributed by atoms with van der Waals surface area (Å²) in [6, 6.07) is 17.1. The van der Waals surface area contributed by atoms with Crippen LogP contribution in [0.4, 0.5) is 4.79 Å². The van der Waals surface area contributed by atoms with Gasteiger partial charge in [-0.3, -0.25) is 4.98 Å². The highest BCUT2D eigenvalue weighted by molar-refractivity contribution is 5.88. The highest BCUT2D eigenvalue weighted by atomic mass is 16.6. The van der Waals surface area contributed by atoms with Crippen molar-refractivity contribution in [2.45, 2.75) is 77.2 Å². The van der Waals surface area contributed by atoms with E-state index >= 15 is 0 Å². The van der Waals surface area contributed by atoms with Crippen molar-refractivity contribution >= 4 is 17.0 Å². The third-order valence-corrected chi connectivity index (χ3v) is 6.79. The van der Waals surface area contributed by atoms with Gasteiger partial charge in [0.25, 0.3) is 0 Å². The van der Waals surface area contributed by atoms with Crippen molar-refractivity contribution in [3.8, 4) is 16.9 Å². The maximum absolute atomic E-state index is 12.7. The Morgan fingerprint density at radius 3 is 2.36 bits per heavy atom. The van der Waals surface area contributed by atoms with Crippen LogP contribution in [0.1, 0.15) is 52.0 Å². The third kappa shape index (κ3) is 4.41. The number of aryl methyl sites for hydroxylation is 1. The van der Waals surface area contributed by atoms with E-state index in [1.165, 1.54) is 11.1 Å². The second kappa shape index (κ2) is 8.36. The van der Waals surface area contributed by atoms with Crippen LogP contribution >= 0.6 is 0 Å². The van der Waals surface area contributed by atoms with Gasteiger partial charge in [-0.2, -0.15) is 0 Å². The fourth-order valence-corrected chi connectivity index (χ4v) is 5.35. The number of hydrogen-bond acceptors (Lipinski definition) is 4. The third-order valence-electron chi connectivity index (χ3n) is 6.79. The zero-order valence-electron chi connectivity index (χ0n) is 19.9. The van der Waals surface area contributed by atoms with Gasteiger partial charge in [0.15, 0.2) is 0 Å². The minimum absolute atomic E-state index is 0.124. The Bertz CT molecular complexity index is 1150. The topological polar surface area (TPSA) is 51.7 Å². The van der Waals surface area contributed by atoms with Gasteiger partial charge >= 0.3 is 6.09 Å². The average molecular weight is 445 g/mol. The average Bonchev–Trinajstić information content (AvgIpc) is 3.05. The van der Waals surface area contributed by atoms with Crippen molar-refractivity contribution in [2.24, 2.45) is 0 Å². The molecule has 0 N–H and O–H groups in total. The molecule has 2 aliphatic heterocycles. The molecule has 5 rings (SSSR count). The molecule has 1 amide bonds. The molecule has 5 heteroatoms. The molecule has 1 unspecified atom stereocenters. The largest absolute Gasteiger partial charge is 0.490 e. The smallest absolute Gasteiger partial charge is 0.410 e. The molecule has 0 spiro atoms. The maximum Gasteiger partial charge on any atom is 0.410 e. The van der Waals surface area contributed by atoms with Gasteiger partial charge in [-0.25, -0.2) is 4.79 Å². The second-order valence-corrected chi connectivity index (χ2v) is 10.3. The standard InChI is InChI=1S/C28H32N2O3/c1-18-25(14-9-20-6-5-15-29-26(18)20)19-7-12-23(13-8-19)32-24-16-21-10-11-22(17-24)30(21)27(31)33-28(2,3)4/h5-9,12-15,21-22,24H,10-11,16-17H2,1-4H3/t21-,22+,24?. The molecule has 0 saturated carbocycles. The number of ether oxygens (including phenoxy) is 2. The predicted molar refractivity (Wildman–Crippen MR) is 130 cm³/mol. The zero-order chi connectivity index (χ0) is 23.2. The van der Waals surface area contributed by atoms with Crippen LogP contribution in [0.5, 0.6) is 5.75 Å². The first-order valence-electron chi connectivity index (χ1n) is 11.9. The number of rotatable bonds is 3.